The van der Waals surface area contributed by atoms with Crippen LogP contribution in [0.1, 0.15) is 38.5 Å². The number of amides is 1. The number of nitrogens with one attached hydrogen (secondary N) is 2. The molecule has 1 saturated heterocycles. The van der Waals surface area contributed by atoms with Crippen LogP contribution in [0.2, 0.25) is 0 Å². The molecule has 0 aromatic heterocycles. The van der Waals surface area contributed by atoms with Crippen molar-refractivity contribution in [2.24, 2.45) is 4.99 Å². The quantitative estimate of drug-likeness (QED) is 0.381. The number of rotatable bonds is 7. The molecule has 176 valence electrons. The Morgan fingerprint density at radius 3 is 2.69 bits per heavy atom. The molecule has 8 heteroatoms. The molecule has 1 aromatic carbocycles. The van der Waals surface area contributed by atoms with E-state index in [0.29, 0.717) is 6.54 Å². The molecule has 0 radical (unpaired) electrons. The Hall–Kier alpha value is -2.32. The number of aliphatic imine (C=N–C) groups is 1. The minimum absolute atomic E-state index is 0.0101. The first-order chi connectivity index (χ1) is 15.7. The minimum atomic E-state index is 0.0101. The number of benzene rings is 1. The lowest BCUT2D eigenvalue weighted by molar-refractivity contribution is -0.121. The third-order valence-corrected chi connectivity index (χ3v) is 6.93. The third-order valence-electron chi connectivity index (χ3n) is 6.93. The molecule has 1 amide bonds. The van der Waals surface area contributed by atoms with Gasteiger partial charge in [0.2, 0.25) is 0 Å². The molecule has 1 saturated carbocycles. The molecule has 2 N–H and O–H groups in total. The van der Waals surface area contributed by atoms with Crippen LogP contribution < -0.4 is 20.3 Å². The number of hydrogen-bond acceptors (Lipinski definition) is 5. The Kier molecular flexibility index (Phi) is 7.86. The number of para-hydroxylation sites is 2. The van der Waals surface area contributed by atoms with E-state index in [1.807, 2.05) is 36.2 Å². The van der Waals surface area contributed by atoms with E-state index in [1.165, 1.54) is 32.1 Å². The summed E-state index contributed by atoms with van der Waals surface area (Å²) in [5.74, 6) is 1.62. The summed E-state index contributed by atoms with van der Waals surface area (Å²) in [5.41, 5.74) is 1.06. The van der Waals surface area contributed by atoms with Crippen molar-refractivity contribution in [3.8, 4) is 5.75 Å². The van der Waals surface area contributed by atoms with E-state index >= 15 is 0 Å². The van der Waals surface area contributed by atoms with Gasteiger partial charge in [-0.3, -0.25) is 14.7 Å². The van der Waals surface area contributed by atoms with Gasteiger partial charge in [-0.25, -0.2) is 0 Å². The Bertz CT molecular complexity index is 788. The van der Waals surface area contributed by atoms with Gasteiger partial charge in [0.25, 0.3) is 5.91 Å². The maximum Gasteiger partial charge on any atom is 0.265 e. The van der Waals surface area contributed by atoms with Crippen LogP contribution in [0.4, 0.5) is 5.69 Å². The van der Waals surface area contributed by atoms with Gasteiger partial charge in [0, 0.05) is 45.3 Å². The molecule has 0 atom stereocenters. The summed E-state index contributed by atoms with van der Waals surface area (Å²) in [6.07, 6.45) is 7.21. The Balaban J connectivity index is 1.26. The highest BCUT2D eigenvalue weighted by Gasteiger charge is 2.38. The molecule has 4 rings (SSSR count). The Morgan fingerprint density at radius 2 is 1.91 bits per heavy atom. The molecule has 0 spiro atoms. The van der Waals surface area contributed by atoms with Crippen LogP contribution >= 0.6 is 0 Å². The Labute approximate surface area is 191 Å². The van der Waals surface area contributed by atoms with E-state index in [-0.39, 0.29) is 18.1 Å². The summed E-state index contributed by atoms with van der Waals surface area (Å²) in [5, 5.41) is 7.03. The van der Waals surface area contributed by atoms with Crippen molar-refractivity contribution in [3.63, 3.8) is 0 Å². The van der Waals surface area contributed by atoms with E-state index in [0.717, 1.165) is 63.2 Å². The van der Waals surface area contributed by atoms with Crippen LogP contribution in [-0.2, 0) is 9.53 Å². The first kappa shape index (κ1) is 22.9. The number of nitrogens with zero attached hydrogens (tertiary/aromatic N) is 3. The molecule has 1 aliphatic carbocycles. The van der Waals surface area contributed by atoms with E-state index in [1.54, 1.807) is 0 Å². The van der Waals surface area contributed by atoms with Crippen LogP contribution in [0.3, 0.4) is 0 Å². The second-order valence-electron chi connectivity index (χ2n) is 8.89. The highest BCUT2D eigenvalue weighted by atomic mass is 16.5. The van der Waals surface area contributed by atoms with Gasteiger partial charge in [-0.15, -0.1) is 0 Å². The van der Waals surface area contributed by atoms with Crippen LogP contribution in [0.25, 0.3) is 0 Å². The normalized spacial score (nSPS) is 21.6. The first-order valence-electron chi connectivity index (χ1n) is 12.0. The molecule has 2 fully saturated rings. The number of hydrogen-bond donors (Lipinski definition) is 2. The smallest absolute Gasteiger partial charge is 0.265 e. The van der Waals surface area contributed by atoms with E-state index in [2.05, 4.69) is 20.5 Å². The zero-order valence-corrected chi connectivity index (χ0v) is 19.3. The molecule has 0 unspecified atom stereocenters. The van der Waals surface area contributed by atoms with Crippen molar-refractivity contribution in [2.75, 3.05) is 64.5 Å². The molecular weight excluding hydrogens is 406 g/mol. The number of carbonyl (C=O) groups is 1. The average molecular weight is 444 g/mol. The summed E-state index contributed by atoms with van der Waals surface area (Å²) in [4.78, 5) is 21.2. The monoisotopic (exact) mass is 443 g/mol. The molecule has 1 aromatic rings. The van der Waals surface area contributed by atoms with Gasteiger partial charge in [0.1, 0.15) is 5.75 Å². The van der Waals surface area contributed by atoms with Crippen molar-refractivity contribution < 1.29 is 14.3 Å². The van der Waals surface area contributed by atoms with Crippen LogP contribution in [0.5, 0.6) is 5.75 Å². The highest BCUT2D eigenvalue weighted by Crippen LogP contribution is 2.34. The maximum atomic E-state index is 12.3. The predicted molar refractivity (Wildman–Crippen MR) is 126 cm³/mol. The van der Waals surface area contributed by atoms with E-state index in [9.17, 15) is 4.79 Å². The number of fused-ring (bicyclic) bond motifs is 1. The fraction of sp³-hybridized carbons (Fsp3) is 0.667. The zero-order valence-electron chi connectivity index (χ0n) is 19.3. The highest BCUT2D eigenvalue weighted by molar-refractivity contribution is 5.97. The molecule has 32 heavy (non-hydrogen) atoms. The van der Waals surface area contributed by atoms with Crippen molar-refractivity contribution in [2.45, 2.75) is 44.1 Å². The van der Waals surface area contributed by atoms with Crippen molar-refractivity contribution in [1.82, 2.24) is 15.5 Å². The van der Waals surface area contributed by atoms with Crippen LogP contribution in [0.15, 0.2) is 29.3 Å². The van der Waals surface area contributed by atoms with Gasteiger partial charge in [-0.1, -0.05) is 31.4 Å². The van der Waals surface area contributed by atoms with E-state index in [4.69, 9.17) is 9.47 Å². The second-order valence-corrected chi connectivity index (χ2v) is 8.89. The fourth-order valence-electron chi connectivity index (χ4n) is 5.16. The summed E-state index contributed by atoms with van der Waals surface area (Å²) in [6.45, 7) is 6.11. The molecule has 2 aliphatic heterocycles. The van der Waals surface area contributed by atoms with Gasteiger partial charge < -0.3 is 25.0 Å². The number of morpholine rings is 1. The number of anilines is 1. The molecule has 2 heterocycles. The van der Waals surface area contributed by atoms with Gasteiger partial charge in [0.15, 0.2) is 12.6 Å². The maximum absolute atomic E-state index is 12.3. The van der Waals surface area contributed by atoms with Crippen molar-refractivity contribution >= 4 is 17.6 Å². The predicted octanol–water partition coefficient (Wildman–Crippen LogP) is 2.00. The van der Waals surface area contributed by atoms with Gasteiger partial charge >= 0.3 is 0 Å². The standard InChI is InChI=1S/C24H37N5O3/c1-25-23(27-19-24(10-5-2-6-11-24)28-14-16-31-17-15-28)26-12-7-13-29-20-8-3-4-9-21(20)32-18-22(29)30/h3-4,8-9H,2,5-7,10-19H2,1H3,(H2,25,26,27). The topological polar surface area (TPSA) is 78.4 Å². The Morgan fingerprint density at radius 1 is 1.12 bits per heavy atom. The SMILES string of the molecule is CN=C(NCCCN1C(=O)COc2ccccc21)NCC1(N2CCOCC2)CCCCC1. The number of ether oxygens (including phenoxy) is 2. The second kappa shape index (κ2) is 11.0. The average Bonchev–Trinajstić information content (AvgIpc) is 2.86. The summed E-state index contributed by atoms with van der Waals surface area (Å²) >= 11 is 0. The van der Waals surface area contributed by atoms with E-state index < -0.39 is 0 Å². The third kappa shape index (κ3) is 5.35. The fourth-order valence-corrected chi connectivity index (χ4v) is 5.16. The lowest BCUT2D eigenvalue weighted by Gasteiger charge is -2.48. The number of guanidine groups is 1. The van der Waals surface area contributed by atoms with Crippen LogP contribution in [0, 0.1) is 0 Å². The molecule has 0 bridgehead atoms. The summed E-state index contributed by atoms with van der Waals surface area (Å²) in [7, 11) is 1.82. The number of carbonyl (C=O) groups excluding carboxylic acids is 1. The molecule has 8 nitrogen and oxygen atoms in total. The molecular formula is C24H37N5O3. The van der Waals surface area contributed by atoms with Gasteiger partial charge in [0.05, 0.1) is 18.9 Å². The summed E-state index contributed by atoms with van der Waals surface area (Å²) < 4.78 is 11.1. The van der Waals surface area contributed by atoms with Gasteiger partial charge in [-0.2, -0.15) is 0 Å². The first-order valence-corrected chi connectivity index (χ1v) is 12.0. The lowest BCUT2D eigenvalue weighted by atomic mass is 9.80. The van der Waals surface area contributed by atoms with Crippen molar-refractivity contribution in [1.29, 1.82) is 0 Å². The van der Waals surface area contributed by atoms with Gasteiger partial charge in [-0.05, 0) is 31.4 Å². The zero-order chi connectivity index (χ0) is 22.2. The summed E-state index contributed by atoms with van der Waals surface area (Å²) in [6, 6.07) is 7.72. The van der Waals surface area contributed by atoms with Crippen molar-refractivity contribution in [3.05, 3.63) is 24.3 Å². The largest absolute Gasteiger partial charge is 0.482 e. The lowest BCUT2D eigenvalue weighted by Crippen LogP contribution is -2.60. The van der Waals surface area contributed by atoms with Crippen LogP contribution in [-0.4, -0.2) is 81.9 Å². The molecule has 3 aliphatic rings. The minimum Gasteiger partial charge on any atom is -0.482 e.